The molecule has 0 aliphatic rings. The fourth-order valence-electron chi connectivity index (χ4n) is 0.656. The summed E-state index contributed by atoms with van der Waals surface area (Å²) in [5.74, 6) is -0.0259. The van der Waals surface area contributed by atoms with E-state index in [1.807, 2.05) is 0 Å². The maximum atomic E-state index is 11.1. The molecule has 1 amide bonds. The summed E-state index contributed by atoms with van der Waals surface area (Å²) in [7, 11) is 3.34. The molecule has 0 aromatic carbocycles. The second kappa shape index (κ2) is 4.91. The van der Waals surface area contributed by atoms with Gasteiger partial charge in [0.05, 0.1) is 6.61 Å². The van der Waals surface area contributed by atoms with Crippen LogP contribution in [0.4, 0.5) is 0 Å². The third-order valence-electron chi connectivity index (χ3n) is 1.34. The Balaban J connectivity index is 3.73. The number of carbonyl (C=O) groups excluding carboxylic acids is 1. The molecule has 0 bridgehead atoms. The Morgan fingerprint density at radius 2 is 2.18 bits per heavy atom. The van der Waals surface area contributed by atoms with E-state index in [1.165, 1.54) is 0 Å². The quantitative estimate of drug-likeness (QED) is 0.561. The topological polar surface area (TPSA) is 29.5 Å². The smallest absolute Gasteiger partial charge is 0.248 e. The number of likely N-dealkylation sites (N-methyl/N-ethyl adjacent to an activating group) is 1. The zero-order chi connectivity index (χ0) is 8.85. The van der Waals surface area contributed by atoms with Gasteiger partial charge in [-0.1, -0.05) is 6.58 Å². The highest BCUT2D eigenvalue weighted by molar-refractivity contribution is 5.91. The van der Waals surface area contributed by atoms with Crippen LogP contribution in [0.1, 0.15) is 6.92 Å². The number of carbonyl (C=O) groups is 1. The Morgan fingerprint density at radius 3 is 2.55 bits per heavy atom. The molecular formula is C8H15NO2. The van der Waals surface area contributed by atoms with Crippen molar-refractivity contribution in [3.63, 3.8) is 0 Å². The number of ether oxygens (including phenoxy) is 1. The minimum absolute atomic E-state index is 0.0259. The second-order valence-corrected chi connectivity index (χ2v) is 2.50. The van der Waals surface area contributed by atoms with Gasteiger partial charge in [0.15, 0.2) is 0 Å². The summed E-state index contributed by atoms with van der Waals surface area (Å²) in [6.45, 7) is 6.43. The number of hydrogen-bond acceptors (Lipinski definition) is 2. The molecule has 0 aliphatic carbocycles. The molecule has 0 saturated heterocycles. The lowest BCUT2D eigenvalue weighted by Crippen LogP contribution is -2.30. The van der Waals surface area contributed by atoms with Crippen LogP contribution in [-0.2, 0) is 9.53 Å². The van der Waals surface area contributed by atoms with Crippen molar-refractivity contribution in [1.82, 2.24) is 4.90 Å². The van der Waals surface area contributed by atoms with Gasteiger partial charge in [-0.15, -0.1) is 0 Å². The first kappa shape index (κ1) is 10.2. The van der Waals surface area contributed by atoms with Crippen LogP contribution in [0.5, 0.6) is 0 Å². The fraction of sp³-hybridized carbons (Fsp3) is 0.625. The molecular weight excluding hydrogens is 142 g/mol. The van der Waals surface area contributed by atoms with Gasteiger partial charge in [0.1, 0.15) is 0 Å². The van der Waals surface area contributed by atoms with Crippen molar-refractivity contribution >= 4 is 5.91 Å². The molecule has 0 fully saturated rings. The summed E-state index contributed by atoms with van der Waals surface area (Å²) < 4.78 is 4.82. The number of methoxy groups -OCH3 is 1. The lowest BCUT2D eigenvalue weighted by molar-refractivity contribution is -0.126. The normalized spacial score (nSPS) is 9.36. The first-order valence-corrected chi connectivity index (χ1v) is 3.49. The van der Waals surface area contributed by atoms with Crippen molar-refractivity contribution in [2.75, 3.05) is 27.3 Å². The zero-order valence-electron chi connectivity index (χ0n) is 7.39. The van der Waals surface area contributed by atoms with Gasteiger partial charge < -0.3 is 9.64 Å². The average Bonchev–Trinajstić information content (AvgIpc) is 1.98. The summed E-state index contributed by atoms with van der Waals surface area (Å²) in [5.41, 5.74) is 0.559. The molecule has 0 radical (unpaired) electrons. The molecule has 0 spiro atoms. The third-order valence-corrected chi connectivity index (χ3v) is 1.34. The first-order chi connectivity index (χ1) is 5.09. The number of amides is 1. The number of nitrogens with zero attached hydrogens (tertiary/aromatic N) is 1. The number of rotatable bonds is 4. The molecule has 11 heavy (non-hydrogen) atoms. The summed E-state index contributed by atoms with van der Waals surface area (Å²) >= 11 is 0. The van der Waals surface area contributed by atoms with Crippen molar-refractivity contribution in [2.45, 2.75) is 6.92 Å². The molecule has 3 heteroatoms. The summed E-state index contributed by atoms with van der Waals surface area (Å²) in [6.07, 6.45) is 0. The molecule has 0 unspecified atom stereocenters. The standard InChI is InChI=1S/C8H15NO2/c1-7(2)8(10)9(3)5-6-11-4/h1,5-6H2,2-4H3. The first-order valence-electron chi connectivity index (χ1n) is 3.49. The van der Waals surface area contributed by atoms with Gasteiger partial charge in [0.2, 0.25) is 5.91 Å². The Morgan fingerprint density at radius 1 is 1.64 bits per heavy atom. The molecule has 0 atom stereocenters. The Labute approximate surface area is 67.6 Å². The predicted molar refractivity (Wildman–Crippen MR) is 44.3 cm³/mol. The third kappa shape index (κ3) is 3.78. The molecule has 0 aromatic rings. The molecule has 0 N–H and O–H groups in total. The zero-order valence-corrected chi connectivity index (χ0v) is 7.39. The lowest BCUT2D eigenvalue weighted by Gasteiger charge is -2.15. The minimum Gasteiger partial charge on any atom is -0.383 e. The van der Waals surface area contributed by atoms with Crippen molar-refractivity contribution in [2.24, 2.45) is 0 Å². The second-order valence-electron chi connectivity index (χ2n) is 2.50. The van der Waals surface area contributed by atoms with Crippen LogP contribution >= 0.6 is 0 Å². The Kier molecular flexibility index (Phi) is 4.54. The SMILES string of the molecule is C=C(C)C(=O)N(C)CCOC. The largest absolute Gasteiger partial charge is 0.383 e. The van der Waals surface area contributed by atoms with Gasteiger partial charge >= 0.3 is 0 Å². The van der Waals surface area contributed by atoms with Crippen LogP contribution in [-0.4, -0.2) is 38.1 Å². The maximum absolute atomic E-state index is 11.1. The van der Waals surface area contributed by atoms with Gasteiger partial charge in [-0.05, 0) is 6.92 Å². The van der Waals surface area contributed by atoms with E-state index in [1.54, 1.807) is 26.0 Å². The molecule has 0 aliphatic heterocycles. The van der Waals surface area contributed by atoms with Crippen LogP contribution in [0.15, 0.2) is 12.2 Å². The molecule has 3 nitrogen and oxygen atoms in total. The van der Waals surface area contributed by atoms with E-state index in [9.17, 15) is 4.79 Å². The van der Waals surface area contributed by atoms with Crippen LogP contribution in [0.2, 0.25) is 0 Å². The van der Waals surface area contributed by atoms with Gasteiger partial charge in [-0.25, -0.2) is 0 Å². The van der Waals surface area contributed by atoms with E-state index in [2.05, 4.69) is 6.58 Å². The van der Waals surface area contributed by atoms with Crippen LogP contribution in [0.25, 0.3) is 0 Å². The molecule has 0 aromatic heterocycles. The fourth-order valence-corrected chi connectivity index (χ4v) is 0.656. The Hall–Kier alpha value is -0.830. The molecule has 0 rings (SSSR count). The van der Waals surface area contributed by atoms with Crippen LogP contribution in [0, 0.1) is 0 Å². The van der Waals surface area contributed by atoms with Crippen LogP contribution < -0.4 is 0 Å². The minimum atomic E-state index is -0.0259. The van der Waals surface area contributed by atoms with Crippen molar-refractivity contribution < 1.29 is 9.53 Å². The maximum Gasteiger partial charge on any atom is 0.248 e. The summed E-state index contributed by atoms with van der Waals surface area (Å²) in [6, 6.07) is 0. The molecule has 64 valence electrons. The van der Waals surface area contributed by atoms with Gasteiger partial charge in [-0.3, -0.25) is 4.79 Å². The highest BCUT2D eigenvalue weighted by Gasteiger charge is 2.07. The van der Waals surface area contributed by atoms with Gasteiger partial charge in [0, 0.05) is 26.3 Å². The monoisotopic (exact) mass is 157 g/mol. The Bertz CT molecular complexity index is 154. The van der Waals surface area contributed by atoms with E-state index in [4.69, 9.17) is 4.74 Å². The van der Waals surface area contributed by atoms with E-state index in [0.29, 0.717) is 18.7 Å². The average molecular weight is 157 g/mol. The van der Waals surface area contributed by atoms with Gasteiger partial charge in [0.25, 0.3) is 0 Å². The molecule has 0 saturated carbocycles. The summed E-state index contributed by atoms with van der Waals surface area (Å²) in [5, 5.41) is 0. The van der Waals surface area contributed by atoms with E-state index < -0.39 is 0 Å². The van der Waals surface area contributed by atoms with E-state index in [-0.39, 0.29) is 5.91 Å². The van der Waals surface area contributed by atoms with Crippen molar-refractivity contribution in [3.05, 3.63) is 12.2 Å². The van der Waals surface area contributed by atoms with Crippen molar-refractivity contribution in [1.29, 1.82) is 0 Å². The highest BCUT2D eigenvalue weighted by atomic mass is 16.5. The highest BCUT2D eigenvalue weighted by Crippen LogP contribution is 1.94. The van der Waals surface area contributed by atoms with Gasteiger partial charge in [-0.2, -0.15) is 0 Å². The van der Waals surface area contributed by atoms with E-state index in [0.717, 1.165) is 0 Å². The van der Waals surface area contributed by atoms with E-state index >= 15 is 0 Å². The van der Waals surface area contributed by atoms with Crippen molar-refractivity contribution in [3.8, 4) is 0 Å². The lowest BCUT2D eigenvalue weighted by atomic mass is 10.3. The van der Waals surface area contributed by atoms with Crippen LogP contribution in [0.3, 0.4) is 0 Å². The molecule has 0 heterocycles. The number of hydrogen-bond donors (Lipinski definition) is 0. The summed E-state index contributed by atoms with van der Waals surface area (Å²) in [4.78, 5) is 12.7. The predicted octanol–water partition coefficient (Wildman–Crippen LogP) is 0.667.